The number of carboxylic acid groups (broad SMARTS) is 1. The van der Waals surface area contributed by atoms with Gasteiger partial charge in [-0.1, -0.05) is 0 Å². The predicted octanol–water partition coefficient (Wildman–Crippen LogP) is 0.889. The van der Waals surface area contributed by atoms with Gasteiger partial charge in [0.25, 0.3) is 11.0 Å². The van der Waals surface area contributed by atoms with Crippen LogP contribution in [-0.4, -0.2) is 31.5 Å². The highest BCUT2D eigenvalue weighted by atomic mass is 32.2. The average molecular weight is 288 g/mol. The topological polar surface area (TPSA) is 96.8 Å². The second-order valence-corrected chi connectivity index (χ2v) is 4.95. The molecule has 0 radical (unpaired) electrons. The number of hydrogen-bond acceptors (Lipinski definition) is 7. The number of rotatable bonds is 4. The maximum atomic E-state index is 10.8. The molecule has 0 saturated carbocycles. The zero-order valence-electron chi connectivity index (χ0n) is 9.06. The van der Waals surface area contributed by atoms with Gasteiger partial charge in [-0.3, -0.25) is 0 Å². The number of aromatic nitrogens is 1. The van der Waals surface area contributed by atoms with Crippen LogP contribution in [0.1, 0.15) is 9.67 Å². The fourth-order valence-corrected chi connectivity index (χ4v) is 2.46. The highest BCUT2D eigenvalue weighted by Gasteiger charge is 2.11. The van der Waals surface area contributed by atoms with Crippen molar-refractivity contribution in [2.24, 2.45) is 0 Å². The lowest BCUT2D eigenvalue weighted by Crippen LogP contribution is -2.16. The monoisotopic (exact) mass is 288 g/mol. The minimum Gasteiger partial charge on any atom is -0.477 e. The molecule has 7 nitrogen and oxygen atoms in total. The third-order valence-corrected chi connectivity index (χ3v) is 3.55. The van der Waals surface area contributed by atoms with E-state index in [1.165, 1.54) is 19.3 Å². The number of carbonyl (C=O) groups is 1. The number of aromatic carboxylic acids is 1. The van der Waals surface area contributed by atoms with E-state index in [-0.39, 0.29) is 4.88 Å². The molecular formula is C9H8N2O5S2. The molecular weight excluding hydrogens is 280 g/mol. The Hall–Kier alpha value is -1.71. The highest BCUT2D eigenvalue weighted by Crippen LogP contribution is 2.27. The van der Waals surface area contributed by atoms with Gasteiger partial charge in [0.2, 0.25) is 0 Å². The Labute approximate surface area is 107 Å². The van der Waals surface area contributed by atoms with Crippen LogP contribution in [0.4, 0.5) is 5.69 Å². The first kappa shape index (κ1) is 12.7. The van der Waals surface area contributed by atoms with Gasteiger partial charge in [-0.2, -0.15) is 4.28 Å². The van der Waals surface area contributed by atoms with E-state index in [1.54, 1.807) is 6.07 Å². The SMILES string of the molecule is CN(O[SH](=O)=O)c1cnc2sc(C(=O)O)cc2c1. The number of carboxylic acids is 1. The van der Waals surface area contributed by atoms with Crippen LogP contribution in [0, 0.1) is 0 Å². The molecule has 0 aliphatic carbocycles. The number of anilines is 1. The summed E-state index contributed by atoms with van der Waals surface area (Å²) in [5.41, 5.74) is 0.413. The minimum absolute atomic E-state index is 0.174. The lowest BCUT2D eigenvalue weighted by molar-refractivity contribution is 0.0702. The second-order valence-electron chi connectivity index (χ2n) is 3.31. The highest BCUT2D eigenvalue weighted by molar-refractivity contribution is 7.67. The Bertz CT molecular complexity index is 671. The summed E-state index contributed by atoms with van der Waals surface area (Å²) in [6, 6.07) is 3.08. The fraction of sp³-hybridized carbons (Fsp3) is 0.111. The maximum Gasteiger partial charge on any atom is 0.345 e. The van der Waals surface area contributed by atoms with E-state index < -0.39 is 17.0 Å². The number of thiophene rings is 1. The van der Waals surface area contributed by atoms with Crippen molar-refractivity contribution in [3.63, 3.8) is 0 Å². The van der Waals surface area contributed by atoms with Crippen molar-refractivity contribution in [3.8, 4) is 0 Å². The van der Waals surface area contributed by atoms with Crippen LogP contribution in [0.2, 0.25) is 0 Å². The first-order valence-electron chi connectivity index (χ1n) is 4.66. The Balaban J connectivity index is 2.40. The summed E-state index contributed by atoms with van der Waals surface area (Å²) >= 11 is 1.05. The number of hydrogen-bond donors (Lipinski definition) is 2. The maximum absolute atomic E-state index is 10.8. The zero-order valence-corrected chi connectivity index (χ0v) is 10.8. The van der Waals surface area contributed by atoms with E-state index in [1.807, 2.05) is 0 Å². The van der Waals surface area contributed by atoms with Crippen molar-refractivity contribution in [1.29, 1.82) is 0 Å². The van der Waals surface area contributed by atoms with Gasteiger partial charge in [0.1, 0.15) is 9.71 Å². The molecule has 0 aliphatic rings. The minimum atomic E-state index is -3.01. The van der Waals surface area contributed by atoms with Gasteiger partial charge >= 0.3 is 5.97 Å². The van der Waals surface area contributed by atoms with Crippen molar-refractivity contribution in [1.82, 2.24) is 4.98 Å². The van der Waals surface area contributed by atoms with Crippen LogP contribution >= 0.6 is 11.3 Å². The van der Waals surface area contributed by atoms with Crippen LogP contribution in [0.15, 0.2) is 18.3 Å². The molecule has 2 aromatic heterocycles. The number of hydroxylamine groups is 1. The molecule has 1 N–H and O–H groups in total. The Morgan fingerprint density at radius 1 is 1.50 bits per heavy atom. The predicted molar refractivity (Wildman–Crippen MR) is 66.4 cm³/mol. The number of nitrogens with zero attached hydrogens (tertiary/aromatic N) is 2. The molecule has 0 fully saturated rings. The zero-order chi connectivity index (χ0) is 13.3. The summed E-state index contributed by atoms with van der Waals surface area (Å²) in [7, 11) is -1.59. The second kappa shape index (κ2) is 4.88. The lowest BCUT2D eigenvalue weighted by Gasteiger charge is -2.13. The molecule has 0 aliphatic heterocycles. The number of pyridine rings is 1. The van der Waals surface area contributed by atoms with Gasteiger partial charge in [0.05, 0.1) is 11.9 Å². The Morgan fingerprint density at radius 3 is 2.83 bits per heavy atom. The largest absolute Gasteiger partial charge is 0.477 e. The third kappa shape index (κ3) is 2.58. The molecule has 0 spiro atoms. The molecule has 2 rings (SSSR count). The average Bonchev–Trinajstić information content (AvgIpc) is 2.70. The number of fused-ring (bicyclic) bond motifs is 1. The van der Waals surface area contributed by atoms with Crippen LogP contribution in [0.5, 0.6) is 0 Å². The van der Waals surface area contributed by atoms with E-state index >= 15 is 0 Å². The van der Waals surface area contributed by atoms with E-state index in [2.05, 4.69) is 9.27 Å². The smallest absolute Gasteiger partial charge is 0.345 e. The molecule has 9 heteroatoms. The summed E-state index contributed by atoms with van der Waals surface area (Å²) < 4.78 is 25.3. The quantitative estimate of drug-likeness (QED) is 0.637. The van der Waals surface area contributed by atoms with E-state index in [4.69, 9.17) is 5.11 Å². The van der Waals surface area contributed by atoms with E-state index in [0.717, 1.165) is 16.4 Å². The first-order valence-corrected chi connectivity index (χ1v) is 6.57. The molecule has 18 heavy (non-hydrogen) atoms. The lowest BCUT2D eigenvalue weighted by atomic mass is 10.3. The summed E-state index contributed by atoms with van der Waals surface area (Å²) in [6.07, 6.45) is 1.41. The van der Waals surface area contributed by atoms with Crippen LogP contribution in [0.25, 0.3) is 10.2 Å². The van der Waals surface area contributed by atoms with Gasteiger partial charge in [-0.25, -0.2) is 23.3 Å². The van der Waals surface area contributed by atoms with Crippen LogP contribution in [-0.2, 0) is 15.3 Å². The molecule has 0 saturated heterocycles. The fourth-order valence-electron chi connectivity index (χ4n) is 1.35. The third-order valence-electron chi connectivity index (χ3n) is 2.12. The van der Waals surface area contributed by atoms with Crippen LogP contribution in [0.3, 0.4) is 0 Å². The summed E-state index contributed by atoms with van der Waals surface area (Å²) in [6.45, 7) is 0. The molecule has 0 amide bonds. The Kier molecular flexibility index (Phi) is 3.45. The van der Waals surface area contributed by atoms with Gasteiger partial charge < -0.3 is 5.11 Å². The van der Waals surface area contributed by atoms with Crippen LogP contribution < -0.4 is 5.06 Å². The first-order chi connectivity index (χ1) is 8.47. The van der Waals surface area contributed by atoms with Crippen molar-refractivity contribution >= 4 is 44.2 Å². The molecule has 2 aromatic rings. The van der Waals surface area contributed by atoms with E-state index in [0.29, 0.717) is 15.9 Å². The van der Waals surface area contributed by atoms with Crippen molar-refractivity contribution in [3.05, 3.63) is 23.2 Å². The van der Waals surface area contributed by atoms with Gasteiger partial charge in [-0.05, 0) is 12.1 Å². The standard InChI is InChI=1S/C9H8N2O5S2/c1-11(16-18(14)15)6-2-5-3-7(9(12)13)17-8(5)10-4-6/h2-4,18H,1H3,(H,12,13). The molecule has 0 bridgehead atoms. The Morgan fingerprint density at radius 2 is 2.22 bits per heavy atom. The molecule has 2 heterocycles. The molecule has 96 valence electrons. The summed E-state index contributed by atoms with van der Waals surface area (Å²) in [5.74, 6) is -1.02. The molecule has 0 aromatic carbocycles. The summed E-state index contributed by atoms with van der Waals surface area (Å²) in [5, 5.41) is 10.5. The summed E-state index contributed by atoms with van der Waals surface area (Å²) in [4.78, 5) is 15.6. The number of thiol groups is 1. The van der Waals surface area contributed by atoms with Crippen molar-refractivity contribution < 1.29 is 22.6 Å². The molecule has 0 atom stereocenters. The van der Waals surface area contributed by atoms with Crippen molar-refractivity contribution in [2.75, 3.05) is 12.1 Å². The van der Waals surface area contributed by atoms with E-state index in [9.17, 15) is 13.2 Å². The van der Waals surface area contributed by atoms with Gasteiger partial charge in [-0.15, -0.1) is 11.3 Å². The van der Waals surface area contributed by atoms with Crippen molar-refractivity contribution in [2.45, 2.75) is 0 Å². The van der Waals surface area contributed by atoms with Gasteiger partial charge in [0.15, 0.2) is 0 Å². The van der Waals surface area contributed by atoms with Gasteiger partial charge in [0, 0.05) is 12.4 Å². The normalized spacial score (nSPS) is 11.0. The molecule has 0 unspecified atom stereocenters.